The molecule has 18 heavy (non-hydrogen) atoms. The largest absolute Gasteiger partial charge is 0.385 e. The Kier molecular flexibility index (Phi) is 4.41. The monoisotopic (exact) mass is 268 g/mol. The molecule has 1 unspecified atom stereocenters. The number of nitrogens with one attached hydrogen (secondary N) is 1. The third-order valence-electron chi connectivity index (χ3n) is 3.48. The molecule has 1 aromatic heterocycles. The summed E-state index contributed by atoms with van der Waals surface area (Å²) in [5, 5.41) is 4.90. The molecular weight excluding hydrogens is 244 g/mol. The molecule has 0 bridgehead atoms. The molecule has 3 nitrogen and oxygen atoms in total. The molecule has 0 radical (unpaired) electrons. The minimum absolute atomic E-state index is 0.0564. The molecule has 1 aliphatic carbocycles. The molecular formula is C14H24N2OS. The zero-order chi connectivity index (χ0) is 13.2. The third kappa shape index (κ3) is 2.92. The second kappa shape index (κ2) is 5.68. The fraction of sp³-hybridized carbons (Fsp3) is 0.786. The average molecular weight is 268 g/mol. The van der Waals surface area contributed by atoms with Crippen molar-refractivity contribution in [1.29, 1.82) is 0 Å². The number of hydrogen-bond donors (Lipinski definition) is 1. The predicted molar refractivity (Wildman–Crippen MR) is 76.3 cm³/mol. The highest BCUT2D eigenvalue weighted by Crippen LogP contribution is 2.35. The smallest absolute Gasteiger partial charge is 0.113 e. The Morgan fingerprint density at radius 3 is 2.83 bits per heavy atom. The van der Waals surface area contributed by atoms with Gasteiger partial charge in [-0.05, 0) is 46.5 Å². The van der Waals surface area contributed by atoms with E-state index in [1.807, 2.05) is 11.3 Å². The number of aromatic nitrogens is 1. The van der Waals surface area contributed by atoms with Crippen LogP contribution in [0.3, 0.4) is 0 Å². The van der Waals surface area contributed by atoms with Gasteiger partial charge in [0.15, 0.2) is 0 Å². The van der Waals surface area contributed by atoms with Crippen LogP contribution in [0.5, 0.6) is 0 Å². The van der Waals surface area contributed by atoms with Crippen LogP contribution in [0.15, 0.2) is 0 Å². The number of methoxy groups -OCH3 is 1. The number of fused-ring (bicyclic) bond motifs is 1. The van der Waals surface area contributed by atoms with Crippen molar-refractivity contribution in [3.05, 3.63) is 15.6 Å². The normalized spacial score (nSPS) is 18.1. The lowest BCUT2D eigenvalue weighted by Gasteiger charge is -2.31. The van der Waals surface area contributed by atoms with E-state index >= 15 is 0 Å². The molecule has 0 aliphatic heterocycles. The highest BCUT2D eigenvalue weighted by Gasteiger charge is 2.32. The van der Waals surface area contributed by atoms with Crippen LogP contribution >= 0.6 is 11.3 Å². The van der Waals surface area contributed by atoms with Crippen LogP contribution in [0.4, 0.5) is 0 Å². The van der Waals surface area contributed by atoms with Gasteiger partial charge in [-0.25, -0.2) is 4.98 Å². The van der Waals surface area contributed by atoms with Gasteiger partial charge in [0.1, 0.15) is 5.01 Å². The van der Waals surface area contributed by atoms with E-state index < -0.39 is 0 Å². The van der Waals surface area contributed by atoms with Gasteiger partial charge in [-0.15, -0.1) is 11.3 Å². The maximum absolute atomic E-state index is 5.25. The van der Waals surface area contributed by atoms with E-state index in [1.54, 1.807) is 7.11 Å². The van der Waals surface area contributed by atoms with Crippen LogP contribution in [0, 0.1) is 0 Å². The molecule has 0 saturated carbocycles. The molecule has 1 atom stereocenters. The van der Waals surface area contributed by atoms with Crippen molar-refractivity contribution in [2.75, 3.05) is 13.7 Å². The van der Waals surface area contributed by atoms with Crippen molar-refractivity contribution in [2.45, 2.75) is 58.0 Å². The van der Waals surface area contributed by atoms with E-state index in [4.69, 9.17) is 9.72 Å². The number of nitrogens with zero attached hydrogens (tertiary/aromatic N) is 1. The van der Waals surface area contributed by atoms with Crippen molar-refractivity contribution in [2.24, 2.45) is 0 Å². The Morgan fingerprint density at radius 2 is 2.22 bits per heavy atom. The van der Waals surface area contributed by atoms with Crippen molar-refractivity contribution >= 4 is 11.3 Å². The van der Waals surface area contributed by atoms with E-state index in [0.717, 1.165) is 19.4 Å². The lowest BCUT2D eigenvalue weighted by molar-refractivity contribution is 0.155. The molecule has 1 aliphatic rings. The van der Waals surface area contributed by atoms with Crippen LogP contribution in [-0.2, 0) is 23.1 Å². The van der Waals surface area contributed by atoms with Gasteiger partial charge in [0.05, 0.1) is 11.2 Å². The Morgan fingerprint density at radius 1 is 1.44 bits per heavy atom. The van der Waals surface area contributed by atoms with Crippen LogP contribution in [0.25, 0.3) is 0 Å². The van der Waals surface area contributed by atoms with Crippen LogP contribution in [0.1, 0.15) is 49.2 Å². The van der Waals surface area contributed by atoms with Crippen molar-refractivity contribution in [3.63, 3.8) is 0 Å². The Bertz CT molecular complexity index is 381. The topological polar surface area (TPSA) is 34.1 Å². The minimum Gasteiger partial charge on any atom is -0.385 e. The first-order chi connectivity index (χ1) is 8.55. The molecule has 0 fully saturated rings. The first kappa shape index (κ1) is 14.0. The highest BCUT2D eigenvalue weighted by atomic mass is 32.1. The van der Waals surface area contributed by atoms with Crippen LogP contribution in [0.2, 0.25) is 0 Å². The van der Waals surface area contributed by atoms with Gasteiger partial charge in [-0.1, -0.05) is 0 Å². The van der Waals surface area contributed by atoms with Crippen LogP contribution < -0.4 is 5.32 Å². The van der Waals surface area contributed by atoms with Gasteiger partial charge in [0.25, 0.3) is 0 Å². The molecule has 4 heteroatoms. The molecule has 0 saturated heterocycles. The maximum atomic E-state index is 5.25. The SMILES string of the molecule is COCCC(C)(NC(C)C)c1nc2c(s1)CCC2. The Balaban J connectivity index is 2.21. The second-order valence-corrected chi connectivity index (χ2v) is 6.70. The van der Waals surface area contributed by atoms with Crippen LogP contribution in [-0.4, -0.2) is 24.7 Å². The second-order valence-electron chi connectivity index (χ2n) is 5.62. The maximum Gasteiger partial charge on any atom is 0.113 e. The molecule has 0 aromatic carbocycles. The van der Waals surface area contributed by atoms with Crippen molar-refractivity contribution < 1.29 is 4.74 Å². The summed E-state index contributed by atoms with van der Waals surface area (Å²) in [6.45, 7) is 7.39. The average Bonchev–Trinajstić information content (AvgIpc) is 2.85. The summed E-state index contributed by atoms with van der Waals surface area (Å²) in [5.41, 5.74) is 1.28. The van der Waals surface area contributed by atoms with E-state index in [0.29, 0.717) is 6.04 Å². The fourth-order valence-corrected chi connectivity index (χ4v) is 3.90. The molecule has 0 spiro atoms. The summed E-state index contributed by atoms with van der Waals surface area (Å²) in [4.78, 5) is 6.37. The molecule has 102 valence electrons. The number of hydrogen-bond acceptors (Lipinski definition) is 4. The third-order valence-corrected chi connectivity index (χ3v) is 4.90. The standard InChI is InChI=1S/C14H24N2OS/c1-10(2)16-14(3,8-9-17-4)13-15-11-6-5-7-12(11)18-13/h10,16H,5-9H2,1-4H3. The van der Waals surface area contributed by atoms with Gasteiger partial charge in [0, 0.05) is 24.6 Å². The zero-order valence-electron chi connectivity index (χ0n) is 11.9. The minimum atomic E-state index is -0.0564. The quantitative estimate of drug-likeness (QED) is 0.861. The molecule has 0 amide bonds. The number of thiazole rings is 1. The lowest BCUT2D eigenvalue weighted by Crippen LogP contribution is -2.44. The van der Waals surface area contributed by atoms with Gasteiger partial charge < -0.3 is 10.1 Å². The van der Waals surface area contributed by atoms with Gasteiger partial charge in [-0.3, -0.25) is 0 Å². The summed E-state index contributed by atoms with van der Waals surface area (Å²) in [6, 6.07) is 0.450. The summed E-state index contributed by atoms with van der Waals surface area (Å²) in [7, 11) is 1.76. The number of rotatable bonds is 6. The Hall–Kier alpha value is -0.450. The van der Waals surface area contributed by atoms with E-state index in [9.17, 15) is 0 Å². The van der Waals surface area contributed by atoms with E-state index in [2.05, 4.69) is 26.1 Å². The molecule has 1 N–H and O–H groups in total. The molecule has 2 rings (SSSR count). The predicted octanol–water partition coefficient (Wildman–Crippen LogP) is 2.88. The fourth-order valence-electron chi connectivity index (χ4n) is 2.61. The summed E-state index contributed by atoms with van der Waals surface area (Å²) in [5.74, 6) is 0. The molecule has 1 aromatic rings. The van der Waals surface area contributed by atoms with Crippen molar-refractivity contribution in [1.82, 2.24) is 10.3 Å². The number of ether oxygens (including phenoxy) is 1. The first-order valence-electron chi connectivity index (χ1n) is 6.81. The van der Waals surface area contributed by atoms with E-state index in [-0.39, 0.29) is 5.54 Å². The highest BCUT2D eigenvalue weighted by molar-refractivity contribution is 7.12. The van der Waals surface area contributed by atoms with E-state index in [1.165, 1.54) is 28.4 Å². The number of aryl methyl sites for hydroxylation is 2. The molecule has 1 heterocycles. The summed E-state index contributed by atoms with van der Waals surface area (Å²) < 4.78 is 5.25. The van der Waals surface area contributed by atoms with Gasteiger partial charge >= 0.3 is 0 Å². The lowest BCUT2D eigenvalue weighted by atomic mass is 9.98. The zero-order valence-corrected chi connectivity index (χ0v) is 12.7. The summed E-state index contributed by atoms with van der Waals surface area (Å²) in [6.07, 6.45) is 4.62. The first-order valence-corrected chi connectivity index (χ1v) is 7.62. The van der Waals surface area contributed by atoms with Crippen molar-refractivity contribution in [3.8, 4) is 0 Å². The van der Waals surface area contributed by atoms with Gasteiger partial charge in [-0.2, -0.15) is 0 Å². The van der Waals surface area contributed by atoms with Gasteiger partial charge in [0.2, 0.25) is 0 Å². The summed E-state index contributed by atoms with van der Waals surface area (Å²) >= 11 is 1.89. The Labute approximate surface area is 114 Å².